The third-order valence-corrected chi connectivity index (χ3v) is 4.81. The minimum absolute atomic E-state index is 0.165. The topological polar surface area (TPSA) is 80.4 Å². The minimum Gasteiger partial charge on any atom is -0.422 e. The number of aromatic amines is 1. The third-order valence-electron chi connectivity index (χ3n) is 4.52. The molecule has 7 heteroatoms. The predicted molar refractivity (Wildman–Crippen MR) is 106 cm³/mol. The lowest BCUT2D eigenvalue weighted by atomic mass is 10.0. The Morgan fingerprint density at radius 1 is 1.00 bits per heavy atom. The van der Waals surface area contributed by atoms with Crippen LogP contribution in [0.3, 0.4) is 0 Å². The summed E-state index contributed by atoms with van der Waals surface area (Å²) in [6.45, 7) is 0. The Hall–Kier alpha value is -3.58. The first-order valence-electron chi connectivity index (χ1n) is 8.19. The summed E-state index contributed by atoms with van der Waals surface area (Å²) in [4.78, 5) is 31.1. The van der Waals surface area contributed by atoms with Gasteiger partial charge >= 0.3 is 5.63 Å². The maximum atomic E-state index is 12.7. The number of hydrogen-bond donors (Lipinski definition) is 1. The Bertz CT molecular complexity index is 1550. The molecule has 0 aliphatic rings. The van der Waals surface area contributed by atoms with E-state index < -0.39 is 5.63 Å². The lowest BCUT2D eigenvalue weighted by molar-refractivity contribution is 0.563. The summed E-state index contributed by atoms with van der Waals surface area (Å²) >= 11 is 5.28. The molecular formula is C20H11N3O3S. The van der Waals surface area contributed by atoms with Gasteiger partial charge in [0, 0.05) is 17.6 Å². The number of fused-ring (bicyclic) bond motifs is 4. The minimum atomic E-state index is -0.488. The van der Waals surface area contributed by atoms with Crippen LogP contribution in [0.25, 0.3) is 38.6 Å². The van der Waals surface area contributed by atoms with Crippen LogP contribution in [-0.4, -0.2) is 14.4 Å². The Labute approximate surface area is 156 Å². The van der Waals surface area contributed by atoms with Crippen LogP contribution in [0.5, 0.6) is 0 Å². The van der Waals surface area contributed by atoms with E-state index in [1.165, 1.54) is 12.3 Å². The average molecular weight is 373 g/mol. The molecule has 0 saturated carbocycles. The maximum absolute atomic E-state index is 12.7. The van der Waals surface area contributed by atoms with Gasteiger partial charge < -0.3 is 4.42 Å². The molecule has 5 rings (SSSR count). The van der Waals surface area contributed by atoms with Crippen LogP contribution < -0.4 is 11.2 Å². The highest BCUT2D eigenvalue weighted by Crippen LogP contribution is 2.27. The summed E-state index contributed by atoms with van der Waals surface area (Å²) in [5.74, 6) is 0. The first-order chi connectivity index (χ1) is 13.1. The van der Waals surface area contributed by atoms with Crippen molar-refractivity contribution in [2.24, 2.45) is 0 Å². The second-order valence-corrected chi connectivity index (χ2v) is 6.50. The number of benzene rings is 2. The van der Waals surface area contributed by atoms with E-state index in [0.717, 1.165) is 16.2 Å². The van der Waals surface area contributed by atoms with Crippen molar-refractivity contribution < 1.29 is 4.42 Å². The van der Waals surface area contributed by atoms with Crippen LogP contribution in [0.2, 0.25) is 0 Å². The van der Waals surface area contributed by atoms with Gasteiger partial charge in [0.05, 0.1) is 11.3 Å². The molecule has 2 aromatic carbocycles. The molecule has 0 saturated heterocycles. The van der Waals surface area contributed by atoms with Crippen LogP contribution in [-0.2, 0) is 0 Å². The van der Waals surface area contributed by atoms with Crippen LogP contribution in [0, 0.1) is 4.77 Å². The van der Waals surface area contributed by atoms with Gasteiger partial charge in [-0.25, -0.2) is 9.78 Å². The lowest BCUT2D eigenvalue weighted by Gasteiger charge is -2.09. The van der Waals surface area contributed by atoms with E-state index in [2.05, 4.69) is 9.97 Å². The zero-order valence-corrected chi connectivity index (χ0v) is 14.6. The quantitative estimate of drug-likeness (QED) is 0.275. The highest BCUT2D eigenvalue weighted by molar-refractivity contribution is 7.71. The molecule has 0 aliphatic carbocycles. The largest absolute Gasteiger partial charge is 0.422 e. The summed E-state index contributed by atoms with van der Waals surface area (Å²) in [5.41, 5.74) is 0.885. The second kappa shape index (κ2) is 5.72. The molecule has 6 nitrogen and oxygen atoms in total. The van der Waals surface area contributed by atoms with Crippen molar-refractivity contribution in [3.63, 3.8) is 0 Å². The molecule has 0 amide bonds. The number of aromatic nitrogens is 3. The Kier molecular flexibility index (Phi) is 3.32. The van der Waals surface area contributed by atoms with Crippen molar-refractivity contribution in [1.82, 2.24) is 14.4 Å². The molecule has 0 fully saturated rings. The smallest absolute Gasteiger partial charge is 0.345 e. The molecule has 0 aliphatic heterocycles. The Balaban J connectivity index is 1.94. The molecule has 27 heavy (non-hydrogen) atoms. The monoisotopic (exact) mass is 373 g/mol. The molecule has 3 heterocycles. The second-order valence-electron chi connectivity index (χ2n) is 6.11. The number of nitrogens with one attached hydrogen (secondary N) is 1. The van der Waals surface area contributed by atoms with Gasteiger partial charge in [-0.1, -0.05) is 30.3 Å². The summed E-state index contributed by atoms with van der Waals surface area (Å²) in [6, 6.07) is 16.4. The van der Waals surface area contributed by atoms with E-state index in [9.17, 15) is 9.59 Å². The average Bonchev–Trinajstić information content (AvgIpc) is 2.66. The fourth-order valence-electron chi connectivity index (χ4n) is 3.33. The molecule has 0 radical (unpaired) electrons. The summed E-state index contributed by atoms with van der Waals surface area (Å²) < 4.78 is 7.29. The molecule has 3 aromatic heterocycles. The first kappa shape index (κ1) is 15.7. The normalized spacial score (nSPS) is 11.4. The van der Waals surface area contributed by atoms with Crippen molar-refractivity contribution in [3.05, 3.63) is 86.3 Å². The van der Waals surface area contributed by atoms with Gasteiger partial charge in [0.2, 0.25) is 0 Å². The van der Waals surface area contributed by atoms with E-state index in [4.69, 9.17) is 16.6 Å². The van der Waals surface area contributed by atoms with Crippen molar-refractivity contribution in [2.45, 2.75) is 0 Å². The van der Waals surface area contributed by atoms with E-state index in [1.807, 2.05) is 30.3 Å². The van der Waals surface area contributed by atoms with E-state index in [1.54, 1.807) is 22.6 Å². The van der Waals surface area contributed by atoms with Gasteiger partial charge in [0.15, 0.2) is 4.77 Å². The highest BCUT2D eigenvalue weighted by atomic mass is 32.1. The molecule has 130 valence electrons. The number of rotatable bonds is 1. The fourth-order valence-corrected chi connectivity index (χ4v) is 3.62. The Morgan fingerprint density at radius 3 is 2.74 bits per heavy atom. The predicted octanol–water partition coefficient (Wildman–Crippen LogP) is 3.68. The van der Waals surface area contributed by atoms with Crippen LogP contribution in [0.15, 0.2) is 74.8 Å². The zero-order valence-electron chi connectivity index (χ0n) is 13.8. The number of nitrogens with zero attached hydrogens (tertiary/aromatic N) is 2. The molecule has 5 aromatic rings. The molecule has 0 unspecified atom stereocenters. The van der Waals surface area contributed by atoms with Gasteiger partial charge in [-0.15, -0.1) is 0 Å². The molecular weight excluding hydrogens is 362 g/mol. The van der Waals surface area contributed by atoms with Crippen molar-refractivity contribution >= 4 is 39.6 Å². The van der Waals surface area contributed by atoms with Crippen LogP contribution in [0.4, 0.5) is 0 Å². The van der Waals surface area contributed by atoms with Crippen LogP contribution >= 0.6 is 12.2 Å². The standard InChI is InChI=1S/C20H11N3O3S/c24-18-10-17-21-8-7-15(23(17)20(27)22-18)14-9-13-12-4-2-1-3-11(12)5-6-16(13)26-19(14)25/h1-10H,(H,22,24,27). The van der Waals surface area contributed by atoms with E-state index in [-0.39, 0.29) is 10.3 Å². The van der Waals surface area contributed by atoms with E-state index in [0.29, 0.717) is 22.5 Å². The first-order valence-corrected chi connectivity index (χ1v) is 8.60. The van der Waals surface area contributed by atoms with Gasteiger partial charge in [0.1, 0.15) is 11.2 Å². The van der Waals surface area contributed by atoms with Gasteiger partial charge in [-0.3, -0.25) is 14.2 Å². The highest BCUT2D eigenvalue weighted by Gasteiger charge is 2.13. The molecule has 0 spiro atoms. The Morgan fingerprint density at radius 2 is 1.85 bits per heavy atom. The fraction of sp³-hybridized carbons (Fsp3) is 0. The number of H-pyrrole nitrogens is 1. The van der Waals surface area contributed by atoms with E-state index >= 15 is 0 Å². The molecule has 1 N–H and O–H groups in total. The zero-order chi connectivity index (χ0) is 18.5. The molecule has 0 atom stereocenters. The van der Waals surface area contributed by atoms with Gasteiger partial charge in [-0.2, -0.15) is 0 Å². The summed E-state index contributed by atoms with van der Waals surface area (Å²) in [5, 5.41) is 2.85. The summed E-state index contributed by atoms with van der Waals surface area (Å²) in [7, 11) is 0. The summed E-state index contributed by atoms with van der Waals surface area (Å²) in [6.07, 6.45) is 1.53. The van der Waals surface area contributed by atoms with Crippen molar-refractivity contribution in [2.75, 3.05) is 0 Å². The number of hydrogen-bond acceptors (Lipinski definition) is 5. The SMILES string of the molecule is O=c1cc2nccc(-c3cc4c(ccc5ccccc54)oc3=O)n2c(=S)[nH]1. The van der Waals surface area contributed by atoms with Crippen molar-refractivity contribution in [3.8, 4) is 11.3 Å². The lowest BCUT2D eigenvalue weighted by Crippen LogP contribution is -2.13. The van der Waals surface area contributed by atoms with Crippen LogP contribution in [0.1, 0.15) is 0 Å². The molecule has 0 bridgehead atoms. The van der Waals surface area contributed by atoms with Crippen molar-refractivity contribution in [1.29, 1.82) is 0 Å². The van der Waals surface area contributed by atoms with Gasteiger partial charge in [0.25, 0.3) is 5.56 Å². The van der Waals surface area contributed by atoms with Gasteiger partial charge in [-0.05, 0) is 41.2 Å². The maximum Gasteiger partial charge on any atom is 0.345 e. The third kappa shape index (κ3) is 2.40.